The van der Waals surface area contributed by atoms with E-state index < -0.39 is 0 Å². The fraction of sp³-hybridized carbons (Fsp3) is 0.375. The normalized spacial score (nSPS) is 15.7. The highest BCUT2D eigenvalue weighted by Crippen LogP contribution is 2.19. The Morgan fingerprint density at radius 3 is 2.55 bits per heavy atom. The molecule has 0 spiro atoms. The van der Waals surface area contributed by atoms with E-state index in [1.807, 2.05) is 49.3 Å². The maximum Gasteiger partial charge on any atom is 0.276 e. The first-order valence-corrected chi connectivity index (χ1v) is 10.7. The van der Waals surface area contributed by atoms with Crippen molar-refractivity contribution in [2.75, 3.05) is 32.1 Å². The third-order valence-corrected chi connectivity index (χ3v) is 5.51. The Balaban J connectivity index is 1.49. The summed E-state index contributed by atoms with van der Waals surface area (Å²) < 4.78 is 7.51. The number of benzene rings is 2. The van der Waals surface area contributed by atoms with Crippen molar-refractivity contribution in [3.05, 3.63) is 77.6 Å². The molecule has 1 aliphatic rings. The van der Waals surface area contributed by atoms with Gasteiger partial charge in [-0.25, -0.2) is 4.68 Å². The first kappa shape index (κ1) is 21.1. The van der Waals surface area contributed by atoms with Crippen LogP contribution in [0.5, 0.6) is 0 Å². The van der Waals surface area contributed by atoms with E-state index in [0.717, 1.165) is 36.3 Å². The number of amides is 1. The van der Waals surface area contributed by atoms with Gasteiger partial charge in [0, 0.05) is 39.5 Å². The van der Waals surface area contributed by atoms with Crippen LogP contribution in [0.2, 0.25) is 0 Å². The summed E-state index contributed by atoms with van der Waals surface area (Å²) >= 11 is 0. The second kappa shape index (κ2) is 9.75. The number of nitrogens with zero attached hydrogens (tertiary/aromatic N) is 5. The van der Waals surface area contributed by atoms with Gasteiger partial charge in [0.15, 0.2) is 5.69 Å². The number of anilines is 1. The lowest BCUT2D eigenvalue weighted by Gasteiger charge is -2.25. The first-order chi connectivity index (χ1) is 15.1. The minimum atomic E-state index is -0.119. The van der Waals surface area contributed by atoms with Crippen molar-refractivity contribution in [3.63, 3.8) is 0 Å². The summed E-state index contributed by atoms with van der Waals surface area (Å²) in [5.41, 5.74) is 3.68. The van der Waals surface area contributed by atoms with Crippen LogP contribution in [0.4, 0.5) is 5.69 Å². The topological polar surface area (TPSA) is 63.5 Å². The van der Waals surface area contributed by atoms with E-state index in [0.29, 0.717) is 25.3 Å². The summed E-state index contributed by atoms with van der Waals surface area (Å²) in [7, 11) is 4.03. The number of carbonyl (C=O) groups excluding carboxylic acids is 1. The zero-order valence-corrected chi connectivity index (χ0v) is 18.1. The number of hydrogen-bond donors (Lipinski definition) is 0. The molecule has 0 radical (unpaired) electrons. The van der Waals surface area contributed by atoms with Crippen LogP contribution in [0.3, 0.4) is 0 Å². The van der Waals surface area contributed by atoms with Gasteiger partial charge in [0.25, 0.3) is 5.91 Å². The lowest BCUT2D eigenvalue weighted by atomic mass is 10.1. The van der Waals surface area contributed by atoms with E-state index >= 15 is 0 Å². The van der Waals surface area contributed by atoms with E-state index in [4.69, 9.17) is 4.74 Å². The number of aromatic nitrogens is 3. The Hall–Kier alpha value is -3.19. The van der Waals surface area contributed by atoms with E-state index in [1.165, 1.54) is 0 Å². The van der Waals surface area contributed by atoms with Crippen molar-refractivity contribution in [3.8, 4) is 0 Å². The van der Waals surface area contributed by atoms with Crippen molar-refractivity contribution in [1.29, 1.82) is 0 Å². The lowest BCUT2D eigenvalue weighted by Crippen LogP contribution is -2.37. The van der Waals surface area contributed by atoms with Crippen molar-refractivity contribution in [2.24, 2.45) is 0 Å². The summed E-state index contributed by atoms with van der Waals surface area (Å²) in [6, 6.07) is 18.3. The zero-order valence-electron chi connectivity index (χ0n) is 18.1. The number of ether oxygens (including phenoxy) is 1. The fourth-order valence-electron chi connectivity index (χ4n) is 3.78. The number of hydrogen-bond acceptors (Lipinski definition) is 5. The monoisotopic (exact) mass is 419 g/mol. The number of carbonyl (C=O) groups is 1. The molecule has 0 aliphatic carbocycles. The molecule has 2 heterocycles. The molecule has 3 aromatic rings. The Bertz CT molecular complexity index is 979. The molecular weight excluding hydrogens is 390 g/mol. The molecule has 1 atom stereocenters. The molecule has 0 saturated carbocycles. The molecule has 2 aromatic carbocycles. The highest BCUT2D eigenvalue weighted by Gasteiger charge is 2.25. The summed E-state index contributed by atoms with van der Waals surface area (Å²) in [5.74, 6) is -0.119. The molecule has 1 aromatic heterocycles. The van der Waals surface area contributed by atoms with Gasteiger partial charge in [0.2, 0.25) is 0 Å². The van der Waals surface area contributed by atoms with Gasteiger partial charge < -0.3 is 14.5 Å². The van der Waals surface area contributed by atoms with Gasteiger partial charge in [-0.1, -0.05) is 47.7 Å². The van der Waals surface area contributed by atoms with E-state index in [1.54, 1.807) is 10.9 Å². The molecule has 0 N–H and O–H groups in total. The van der Waals surface area contributed by atoms with Gasteiger partial charge in [-0.3, -0.25) is 4.79 Å². The quantitative estimate of drug-likeness (QED) is 0.561. The second-order valence-electron chi connectivity index (χ2n) is 8.17. The van der Waals surface area contributed by atoms with Gasteiger partial charge in [-0.2, -0.15) is 0 Å². The van der Waals surface area contributed by atoms with Gasteiger partial charge in [0.05, 0.1) is 18.8 Å². The third kappa shape index (κ3) is 5.49. The minimum absolute atomic E-state index is 0.0735. The second-order valence-corrected chi connectivity index (χ2v) is 8.17. The van der Waals surface area contributed by atoms with E-state index in [2.05, 4.69) is 39.5 Å². The standard InChI is InChI=1S/C24H29N5O2/c1-27(2)21-12-10-20(11-13-21)15-28(17-22-9-6-14-31-22)24(30)23-18-29(26-25-23)16-19-7-4-3-5-8-19/h3-5,7-8,10-13,18,22H,6,9,14-17H2,1-2H3. The molecule has 7 nitrogen and oxygen atoms in total. The molecule has 0 bridgehead atoms. The molecular formula is C24H29N5O2. The van der Waals surface area contributed by atoms with Crippen LogP contribution in [0.1, 0.15) is 34.5 Å². The van der Waals surface area contributed by atoms with Crippen molar-refractivity contribution >= 4 is 11.6 Å². The van der Waals surface area contributed by atoms with E-state index in [9.17, 15) is 4.79 Å². The summed E-state index contributed by atoms with van der Waals surface area (Å²) in [5, 5.41) is 8.33. The van der Waals surface area contributed by atoms with Crippen LogP contribution in [0, 0.1) is 0 Å². The Morgan fingerprint density at radius 1 is 1.10 bits per heavy atom. The van der Waals surface area contributed by atoms with Gasteiger partial charge in [0.1, 0.15) is 0 Å². The molecule has 1 amide bonds. The first-order valence-electron chi connectivity index (χ1n) is 10.7. The smallest absolute Gasteiger partial charge is 0.276 e. The lowest BCUT2D eigenvalue weighted by molar-refractivity contribution is 0.0503. The van der Waals surface area contributed by atoms with Crippen LogP contribution < -0.4 is 4.90 Å². The van der Waals surface area contributed by atoms with Crippen LogP contribution >= 0.6 is 0 Å². The molecule has 1 unspecified atom stereocenters. The number of rotatable bonds is 8. The van der Waals surface area contributed by atoms with Crippen LogP contribution in [-0.2, 0) is 17.8 Å². The maximum absolute atomic E-state index is 13.3. The van der Waals surface area contributed by atoms with Gasteiger partial charge in [-0.15, -0.1) is 5.10 Å². The molecule has 1 aliphatic heterocycles. The minimum Gasteiger partial charge on any atom is -0.378 e. The summed E-state index contributed by atoms with van der Waals surface area (Å²) in [4.78, 5) is 17.2. The van der Waals surface area contributed by atoms with Crippen LogP contribution in [-0.4, -0.2) is 59.2 Å². The van der Waals surface area contributed by atoms with Gasteiger partial charge >= 0.3 is 0 Å². The van der Waals surface area contributed by atoms with Crippen molar-refractivity contribution in [1.82, 2.24) is 19.9 Å². The van der Waals surface area contributed by atoms with Crippen LogP contribution in [0.25, 0.3) is 0 Å². The highest BCUT2D eigenvalue weighted by atomic mass is 16.5. The van der Waals surface area contributed by atoms with Crippen molar-refractivity contribution in [2.45, 2.75) is 32.0 Å². The highest BCUT2D eigenvalue weighted by molar-refractivity contribution is 5.92. The SMILES string of the molecule is CN(C)c1ccc(CN(CC2CCCO2)C(=O)c2cn(Cc3ccccc3)nn2)cc1. The average molecular weight is 420 g/mol. The Kier molecular flexibility index (Phi) is 6.62. The zero-order chi connectivity index (χ0) is 21.6. The molecule has 4 rings (SSSR count). The molecule has 1 saturated heterocycles. The Labute approximate surface area is 183 Å². The summed E-state index contributed by atoms with van der Waals surface area (Å²) in [6.45, 7) is 2.41. The predicted molar refractivity (Wildman–Crippen MR) is 120 cm³/mol. The van der Waals surface area contributed by atoms with Crippen LogP contribution in [0.15, 0.2) is 60.8 Å². The average Bonchev–Trinajstić information content (AvgIpc) is 3.46. The molecule has 162 valence electrons. The van der Waals surface area contributed by atoms with E-state index in [-0.39, 0.29) is 12.0 Å². The third-order valence-electron chi connectivity index (χ3n) is 5.51. The molecule has 1 fully saturated rings. The van der Waals surface area contributed by atoms with Gasteiger partial charge in [-0.05, 0) is 36.1 Å². The fourth-order valence-corrected chi connectivity index (χ4v) is 3.78. The van der Waals surface area contributed by atoms with Crippen molar-refractivity contribution < 1.29 is 9.53 Å². The Morgan fingerprint density at radius 2 is 1.87 bits per heavy atom. The maximum atomic E-state index is 13.3. The molecule has 7 heteroatoms. The summed E-state index contributed by atoms with van der Waals surface area (Å²) in [6.07, 6.45) is 3.82. The predicted octanol–water partition coefficient (Wildman–Crippen LogP) is 3.21. The molecule has 31 heavy (non-hydrogen) atoms. The largest absolute Gasteiger partial charge is 0.378 e.